The lowest BCUT2D eigenvalue weighted by Crippen LogP contribution is -2.44. The second-order valence-corrected chi connectivity index (χ2v) is 7.45. The van der Waals surface area contributed by atoms with E-state index in [9.17, 15) is 14.7 Å². The Hall–Kier alpha value is -2.06. The average Bonchev–Trinajstić information content (AvgIpc) is 2.86. The summed E-state index contributed by atoms with van der Waals surface area (Å²) in [5, 5.41) is 10.5. The maximum Gasteiger partial charge on any atom is 0.341 e. The molecule has 3 rings (SSSR count). The second-order valence-electron chi connectivity index (χ2n) is 6.47. The molecule has 8 heteroatoms. The third kappa shape index (κ3) is 2.65. The van der Waals surface area contributed by atoms with Crippen molar-refractivity contribution in [2.45, 2.75) is 19.9 Å². The highest BCUT2D eigenvalue weighted by molar-refractivity contribution is 7.23. The summed E-state index contributed by atoms with van der Waals surface area (Å²) in [4.78, 5) is 29.2. The fraction of sp³-hybridized carbons (Fsp3) is 0.500. The van der Waals surface area contributed by atoms with Crippen LogP contribution in [0.2, 0.25) is 0 Å². The molecule has 7 nitrogen and oxygen atoms in total. The van der Waals surface area contributed by atoms with Gasteiger partial charge in [0.2, 0.25) is 5.43 Å². The van der Waals surface area contributed by atoms with Gasteiger partial charge in [-0.3, -0.25) is 4.79 Å². The van der Waals surface area contributed by atoms with Gasteiger partial charge in [0.25, 0.3) is 0 Å². The fourth-order valence-electron chi connectivity index (χ4n) is 2.99. The number of pyridine rings is 1. The van der Waals surface area contributed by atoms with E-state index in [0.29, 0.717) is 11.1 Å². The van der Waals surface area contributed by atoms with Crippen LogP contribution in [0.3, 0.4) is 0 Å². The first-order chi connectivity index (χ1) is 11.3. The van der Waals surface area contributed by atoms with Crippen molar-refractivity contribution in [3.8, 4) is 0 Å². The van der Waals surface area contributed by atoms with Gasteiger partial charge in [0, 0.05) is 38.4 Å². The lowest BCUT2D eigenvalue weighted by Gasteiger charge is -2.33. The summed E-state index contributed by atoms with van der Waals surface area (Å²) >= 11 is 1.47. The summed E-state index contributed by atoms with van der Waals surface area (Å²) in [6, 6.07) is 0.0320. The number of aromatic nitrogens is 1. The summed E-state index contributed by atoms with van der Waals surface area (Å²) in [5.41, 5.74) is 5.97. The van der Waals surface area contributed by atoms with Gasteiger partial charge in [-0.2, -0.15) is 0 Å². The summed E-state index contributed by atoms with van der Waals surface area (Å²) in [5.74, 6) is -1.22. The van der Waals surface area contributed by atoms with Crippen LogP contribution in [0.15, 0.2) is 11.0 Å². The van der Waals surface area contributed by atoms with E-state index in [4.69, 9.17) is 5.73 Å². The number of rotatable bonds is 3. The zero-order valence-corrected chi connectivity index (χ0v) is 14.9. The van der Waals surface area contributed by atoms with Gasteiger partial charge in [-0.05, 0) is 20.9 Å². The number of carbonyl (C=O) groups is 1. The molecule has 0 unspecified atom stereocenters. The van der Waals surface area contributed by atoms with Crippen molar-refractivity contribution in [2.24, 2.45) is 0 Å². The van der Waals surface area contributed by atoms with Crippen molar-refractivity contribution in [1.29, 1.82) is 0 Å². The average molecular weight is 350 g/mol. The van der Waals surface area contributed by atoms with Crippen LogP contribution in [0.4, 0.5) is 10.7 Å². The van der Waals surface area contributed by atoms with E-state index in [2.05, 4.69) is 16.8 Å². The van der Waals surface area contributed by atoms with Gasteiger partial charge >= 0.3 is 5.97 Å². The first kappa shape index (κ1) is 16.8. The smallest absolute Gasteiger partial charge is 0.341 e. The van der Waals surface area contributed by atoms with Gasteiger partial charge in [0.05, 0.1) is 11.1 Å². The molecule has 0 bridgehead atoms. The summed E-state index contributed by atoms with van der Waals surface area (Å²) in [6.07, 6.45) is 1.43. The molecule has 0 amide bonds. The second kappa shape index (κ2) is 6.10. The zero-order valence-electron chi connectivity index (χ0n) is 14.1. The third-order valence-electron chi connectivity index (χ3n) is 4.46. The molecule has 0 aromatic carbocycles. The Labute approximate surface area is 143 Å². The number of nitrogens with zero attached hydrogens (tertiary/aromatic N) is 3. The summed E-state index contributed by atoms with van der Waals surface area (Å²) < 4.78 is 1.83. The Morgan fingerprint density at radius 1 is 1.29 bits per heavy atom. The van der Waals surface area contributed by atoms with E-state index < -0.39 is 11.4 Å². The first-order valence-corrected chi connectivity index (χ1v) is 8.76. The highest BCUT2D eigenvalue weighted by Crippen LogP contribution is 2.40. The van der Waals surface area contributed by atoms with Crippen LogP contribution in [0, 0.1) is 0 Å². The van der Waals surface area contributed by atoms with Crippen LogP contribution in [-0.4, -0.2) is 53.8 Å². The molecule has 1 fully saturated rings. The van der Waals surface area contributed by atoms with Gasteiger partial charge in [-0.25, -0.2) is 4.79 Å². The molecule has 1 saturated heterocycles. The molecule has 24 heavy (non-hydrogen) atoms. The Morgan fingerprint density at radius 3 is 2.46 bits per heavy atom. The molecule has 2 aromatic rings. The predicted molar refractivity (Wildman–Crippen MR) is 97.6 cm³/mol. The number of likely N-dealkylation sites (N-methyl/N-ethyl adjacent to an activating group) is 1. The van der Waals surface area contributed by atoms with Gasteiger partial charge in [0.15, 0.2) is 0 Å². The minimum absolute atomic E-state index is 0.0320. The molecule has 3 N–H and O–H groups in total. The molecule has 1 aliphatic rings. The maximum absolute atomic E-state index is 12.6. The number of aromatic carboxylic acids is 1. The van der Waals surface area contributed by atoms with Crippen molar-refractivity contribution >= 4 is 38.2 Å². The SMILES string of the molecule is CC(C)n1cc(C(=O)O)c(=O)c2c(N)c(N3CCN(C)CC3)sc21. The van der Waals surface area contributed by atoms with Crippen LogP contribution < -0.4 is 16.1 Å². The zero-order chi connectivity index (χ0) is 17.6. The number of piperazine rings is 1. The normalized spacial score (nSPS) is 16.2. The number of fused-ring (bicyclic) bond motifs is 1. The number of carboxylic acid groups (broad SMARTS) is 1. The molecule has 0 saturated carbocycles. The van der Waals surface area contributed by atoms with Gasteiger partial charge < -0.3 is 25.2 Å². The topological polar surface area (TPSA) is 91.8 Å². The lowest BCUT2D eigenvalue weighted by atomic mass is 10.2. The van der Waals surface area contributed by atoms with E-state index in [0.717, 1.165) is 36.0 Å². The van der Waals surface area contributed by atoms with Crippen LogP contribution in [0.1, 0.15) is 30.2 Å². The van der Waals surface area contributed by atoms with E-state index in [1.165, 1.54) is 17.5 Å². The number of anilines is 2. The van der Waals surface area contributed by atoms with Crippen LogP contribution in [0.5, 0.6) is 0 Å². The molecule has 2 aromatic heterocycles. The first-order valence-electron chi connectivity index (χ1n) is 7.95. The standard InChI is InChI=1S/C16H22N4O3S/c1-9(2)20-8-10(16(22)23)13(21)11-12(17)15(24-14(11)20)19-6-4-18(3)5-7-19/h8-9H,4-7,17H2,1-3H3,(H,22,23). The van der Waals surface area contributed by atoms with Crippen molar-refractivity contribution < 1.29 is 9.90 Å². The molecule has 130 valence electrons. The number of hydrogen-bond donors (Lipinski definition) is 2. The highest BCUT2D eigenvalue weighted by atomic mass is 32.1. The van der Waals surface area contributed by atoms with Crippen molar-refractivity contribution in [3.63, 3.8) is 0 Å². The maximum atomic E-state index is 12.6. The highest BCUT2D eigenvalue weighted by Gasteiger charge is 2.25. The number of nitrogens with two attached hydrogens (primary N) is 1. The van der Waals surface area contributed by atoms with Crippen molar-refractivity contribution in [3.05, 3.63) is 22.0 Å². The monoisotopic (exact) mass is 350 g/mol. The number of thiophene rings is 1. The molecular formula is C16H22N4O3S. The molecule has 0 atom stereocenters. The Balaban J connectivity index is 2.23. The molecule has 1 aliphatic heterocycles. The Bertz CT molecular complexity index is 847. The molecule has 3 heterocycles. The molecule has 0 spiro atoms. The fourth-order valence-corrected chi connectivity index (χ4v) is 4.37. The molecule has 0 radical (unpaired) electrons. The number of hydrogen-bond acceptors (Lipinski definition) is 6. The minimum Gasteiger partial charge on any atom is -0.477 e. The number of nitrogen functional groups attached to an aromatic ring is 1. The van der Waals surface area contributed by atoms with Crippen molar-refractivity contribution in [1.82, 2.24) is 9.47 Å². The summed E-state index contributed by atoms with van der Waals surface area (Å²) in [7, 11) is 2.08. The molecular weight excluding hydrogens is 328 g/mol. The van der Waals surface area contributed by atoms with Crippen molar-refractivity contribution in [2.75, 3.05) is 43.9 Å². The molecule has 0 aliphatic carbocycles. The summed E-state index contributed by atoms with van der Waals surface area (Å²) in [6.45, 7) is 7.47. The number of carboxylic acids is 1. The van der Waals surface area contributed by atoms with Crippen LogP contribution >= 0.6 is 11.3 Å². The van der Waals surface area contributed by atoms with E-state index >= 15 is 0 Å². The Kier molecular flexibility index (Phi) is 4.27. The van der Waals surface area contributed by atoms with Gasteiger partial charge in [0.1, 0.15) is 15.4 Å². The largest absolute Gasteiger partial charge is 0.477 e. The lowest BCUT2D eigenvalue weighted by molar-refractivity contribution is 0.0695. The third-order valence-corrected chi connectivity index (χ3v) is 5.74. The van der Waals surface area contributed by atoms with E-state index in [-0.39, 0.29) is 11.6 Å². The van der Waals surface area contributed by atoms with Crippen LogP contribution in [0.25, 0.3) is 10.2 Å². The minimum atomic E-state index is -1.22. The van der Waals surface area contributed by atoms with Gasteiger partial charge in [-0.15, -0.1) is 0 Å². The van der Waals surface area contributed by atoms with Gasteiger partial charge in [-0.1, -0.05) is 11.3 Å². The Morgan fingerprint density at radius 2 is 1.92 bits per heavy atom. The van der Waals surface area contributed by atoms with E-state index in [1.807, 2.05) is 18.4 Å². The van der Waals surface area contributed by atoms with Crippen LogP contribution in [-0.2, 0) is 0 Å². The predicted octanol–water partition coefficient (Wildman–Crippen LogP) is 1.68. The van der Waals surface area contributed by atoms with E-state index in [1.54, 1.807) is 0 Å². The quantitative estimate of drug-likeness (QED) is 0.875.